The molecule has 4 aromatic rings. The lowest BCUT2D eigenvalue weighted by Gasteiger charge is -2.05. The Balaban J connectivity index is 1.80. The Labute approximate surface area is 140 Å². The molecule has 0 radical (unpaired) electrons. The fourth-order valence-electron chi connectivity index (χ4n) is 2.63. The molecule has 0 aliphatic carbocycles. The fraction of sp³-hybridized carbons (Fsp3) is 0.0500. The molecule has 116 valence electrons. The highest BCUT2D eigenvalue weighted by atomic mass is 15.3. The normalized spacial score (nSPS) is 10.7. The van der Waals surface area contributed by atoms with Gasteiger partial charge in [0.05, 0.1) is 6.54 Å². The van der Waals surface area contributed by atoms with E-state index >= 15 is 0 Å². The summed E-state index contributed by atoms with van der Waals surface area (Å²) >= 11 is 0. The van der Waals surface area contributed by atoms with Crippen LogP contribution in [0.5, 0.6) is 0 Å². The van der Waals surface area contributed by atoms with E-state index in [0.29, 0.717) is 6.54 Å². The van der Waals surface area contributed by atoms with Crippen LogP contribution in [0, 0.1) is 0 Å². The van der Waals surface area contributed by atoms with E-state index in [1.807, 2.05) is 65.3 Å². The summed E-state index contributed by atoms with van der Waals surface area (Å²) in [6.07, 6.45) is 3.55. The molecule has 0 amide bonds. The molecule has 0 atom stereocenters. The third-order valence-corrected chi connectivity index (χ3v) is 3.82. The standard InChI is InChI=1S/C20H16N4/c1-3-7-16(8-4-1)15-24-20(18-11-13-21-14-12-18)22-19(23-24)17-9-5-2-6-10-17/h1-14H,15H2. The highest BCUT2D eigenvalue weighted by Crippen LogP contribution is 2.22. The van der Waals surface area contributed by atoms with Crippen molar-refractivity contribution in [1.29, 1.82) is 0 Å². The average Bonchev–Trinajstić information content (AvgIpc) is 3.08. The molecule has 0 bridgehead atoms. The monoisotopic (exact) mass is 312 g/mol. The predicted molar refractivity (Wildman–Crippen MR) is 94.2 cm³/mol. The van der Waals surface area contributed by atoms with Crippen LogP contribution in [-0.4, -0.2) is 19.7 Å². The van der Waals surface area contributed by atoms with Gasteiger partial charge in [-0.2, -0.15) is 5.10 Å². The molecule has 0 aliphatic heterocycles. The first-order valence-corrected chi connectivity index (χ1v) is 7.85. The van der Waals surface area contributed by atoms with Gasteiger partial charge < -0.3 is 0 Å². The molecule has 4 heteroatoms. The number of rotatable bonds is 4. The van der Waals surface area contributed by atoms with E-state index in [1.54, 1.807) is 12.4 Å². The zero-order chi connectivity index (χ0) is 16.2. The van der Waals surface area contributed by atoms with Crippen LogP contribution in [0.2, 0.25) is 0 Å². The molecule has 2 heterocycles. The van der Waals surface area contributed by atoms with E-state index in [0.717, 1.165) is 22.8 Å². The van der Waals surface area contributed by atoms with Crippen molar-refractivity contribution in [2.24, 2.45) is 0 Å². The van der Waals surface area contributed by atoms with Gasteiger partial charge in [0, 0.05) is 23.5 Å². The lowest BCUT2D eigenvalue weighted by atomic mass is 10.2. The second-order valence-electron chi connectivity index (χ2n) is 5.50. The SMILES string of the molecule is c1ccc(Cn2nc(-c3ccccc3)nc2-c2ccncc2)cc1. The molecule has 2 aromatic heterocycles. The second kappa shape index (κ2) is 6.46. The van der Waals surface area contributed by atoms with E-state index in [9.17, 15) is 0 Å². The molecule has 4 nitrogen and oxygen atoms in total. The quantitative estimate of drug-likeness (QED) is 0.571. The lowest BCUT2D eigenvalue weighted by molar-refractivity contribution is 0.695. The van der Waals surface area contributed by atoms with Crippen molar-refractivity contribution >= 4 is 0 Å². The van der Waals surface area contributed by atoms with Crippen LogP contribution in [0.25, 0.3) is 22.8 Å². The van der Waals surface area contributed by atoms with Crippen LogP contribution in [0.15, 0.2) is 85.2 Å². The Bertz CT molecular complexity index is 916. The van der Waals surface area contributed by atoms with Gasteiger partial charge in [-0.25, -0.2) is 9.67 Å². The zero-order valence-electron chi connectivity index (χ0n) is 13.1. The molecule has 0 fully saturated rings. The van der Waals surface area contributed by atoms with E-state index in [4.69, 9.17) is 10.1 Å². The van der Waals surface area contributed by atoms with Crippen molar-refractivity contribution in [3.8, 4) is 22.8 Å². The molecule has 2 aromatic carbocycles. The summed E-state index contributed by atoms with van der Waals surface area (Å²) < 4.78 is 1.95. The molecule has 0 unspecified atom stereocenters. The Morgan fingerprint density at radius 1 is 0.708 bits per heavy atom. The Morgan fingerprint density at radius 2 is 1.38 bits per heavy atom. The van der Waals surface area contributed by atoms with E-state index in [2.05, 4.69) is 17.1 Å². The number of hydrogen-bond acceptors (Lipinski definition) is 3. The van der Waals surface area contributed by atoms with Gasteiger partial charge in [0.2, 0.25) is 0 Å². The molecule has 0 saturated heterocycles. The minimum atomic E-state index is 0.679. The number of benzene rings is 2. The van der Waals surface area contributed by atoms with Crippen LogP contribution < -0.4 is 0 Å². The Kier molecular flexibility index (Phi) is 3.86. The zero-order valence-corrected chi connectivity index (χ0v) is 13.1. The highest BCUT2D eigenvalue weighted by molar-refractivity contribution is 5.61. The molecular formula is C20H16N4. The van der Waals surface area contributed by atoms with Gasteiger partial charge in [0.15, 0.2) is 11.6 Å². The van der Waals surface area contributed by atoms with Gasteiger partial charge in [0.1, 0.15) is 0 Å². The Hall–Kier alpha value is -3.27. The molecule has 0 N–H and O–H groups in total. The molecule has 0 saturated carbocycles. The number of aromatic nitrogens is 4. The van der Waals surface area contributed by atoms with Gasteiger partial charge in [-0.15, -0.1) is 0 Å². The summed E-state index contributed by atoms with van der Waals surface area (Å²) in [6, 6.07) is 24.3. The molecular weight excluding hydrogens is 296 g/mol. The van der Waals surface area contributed by atoms with Gasteiger partial charge in [-0.3, -0.25) is 4.98 Å². The highest BCUT2D eigenvalue weighted by Gasteiger charge is 2.13. The van der Waals surface area contributed by atoms with Crippen LogP contribution in [0.4, 0.5) is 0 Å². The van der Waals surface area contributed by atoms with E-state index in [-0.39, 0.29) is 0 Å². The predicted octanol–water partition coefficient (Wildman–Crippen LogP) is 4.06. The fourth-order valence-corrected chi connectivity index (χ4v) is 2.63. The average molecular weight is 312 g/mol. The van der Waals surface area contributed by atoms with Crippen molar-refractivity contribution in [1.82, 2.24) is 19.7 Å². The van der Waals surface area contributed by atoms with Crippen LogP contribution in [0.3, 0.4) is 0 Å². The summed E-state index contributed by atoms with van der Waals surface area (Å²) in [4.78, 5) is 8.86. The molecule has 0 aliphatic rings. The third kappa shape index (κ3) is 2.94. The minimum Gasteiger partial charge on any atom is -0.265 e. The van der Waals surface area contributed by atoms with Crippen molar-refractivity contribution in [3.05, 3.63) is 90.8 Å². The molecule has 24 heavy (non-hydrogen) atoms. The smallest absolute Gasteiger partial charge is 0.181 e. The van der Waals surface area contributed by atoms with E-state index < -0.39 is 0 Å². The number of hydrogen-bond donors (Lipinski definition) is 0. The van der Waals surface area contributed by atoms with Crippen LogP contribution in [-0.2, 0) is 6.54 Å². The molecule has 4 rings (SSSR count). The topological polar surface area (TPSA) is 43.6 Å². The largest absolute Gasteiger partial charge is 0.265 e. The van der Waals surface area contributed by atoms with Gasteiger partial charge >= 0.3 is 0 Å². The van der Waals surface area contributed by atoms with Gasteiger partial charge in [0.25, 0.3) is 0 Å². The summed E-state index contributed by atoms with van der Waals surface area (Å²) in [7, 11) is 0. The van der Waals surface area contributed by atoms with Crippen LogP contribution >= 0.6 is 0 Å². The number of pyridine rings is 1. The first kappa shape index (κ1) is 14.3. The van der Waals surface area contributed by atoms with Crippen molar-refractivity contribution < 1.29 is 0 Å². The summed E-state index contributed by atoms with van der Waals surface area (Å²) in [5.41, 5.74) is 3.22. The summed E-state index contributed by atoms with van der Waals surface area (Å²) in [5, 5.41) is 4.74. The first-order valence-electron chi connectivity index (χ1n) is 7.85. The Morgan fingerprint density at radius 3 is 2.08 bits per heavy atom. The van der Waals surface area contributed by atoms with Crippen molar-refractivity contribution in [2.45, 2.75) is 6.54 Å². The summed E-state index contributed by atoms with van der Waals surface area (Å²) in [5.74, 6) is 1.58. The van der Waals surface area contributed by atoms with Crippen molar-refractivity contribution in [3.63, 3.8) is 0 Å². The molecule has 0 spiro atoms. The van der Waals surface area contributed by atoms with E-state index in [1.165, 1.54) is 5.56 Å². The van der Waals surface area contributed by atoms with Gasteiger partial charge in [-0.05, 0) is 17.7 Å². The number of nitrogens with zero attached hydrogens (tertiary/aromatic N) is 4. The second-order valence-corrected chi connectivity index (χ2v) is 5.50. The van der Waals surface area contributed by atoms with Crippen LogP contribution in [0.1, 0.15) is 5.56 Å². The third-order valence-electron chi connectivity index (χ3n) is 3.82. The maximum atomic E-state index is 4.77. The van der Waals surface area contributed by atoms with Crippen molar-refractivity contribution in [2.75, 3.05) is 0 Å². The summed E-state index contributed by atoms with van der Waals surface area (Å²) in [6.45, 7) is 0.679. The lowest BCUT2D eigenvalue weighted by Crippen LogP contribution is -2.04. The maximum Gasteiger partial charge on any atom is 0.181 e. The van der Waals surface area contributed by atoms with Gasteiger partial charge in [-0.1, -0.05) is 60.7 Å². The first-order chi connectivity index (χ1) is 11.9. The maximum absolute atomic E-state index is 4.77. The minimum absolute atomic E-state index is 0.679.